The molecular formula is C35H48O4. The third-order valence-electron chi connectivity index (χ3n) is 9.85. The molecule has 4 rings (SSSR count). The highest BCUT2D eigenvalue weighted by Gasteiger charge is 2.57. The van der Waals surface area contributed by atoms with Crippen LogP contribution in [0.1, 0.15) is 69.2 Å². The molecule has 4 aliphatic carbocycles. The first-order valence-electron chi connectivity index (χ1n) is 14.8. The molecule has 0 aromatic rings. The average Bonchev–Trinajstić information content (AvgIpc) is 3.28. The van der Waals surface area contributed by atoms with Gasteiger partial charge in [-0.2, -0.15) is 0 Å². The maximum atomic E-state index is 14.3. The van der Waals surface area contributed by atoms with Gasteiger partial charge < -0.3 is 9.47 Å². The van der Waals surface area contributed by atoms with E-state index < -0.39 is 23.1 Å². The van der Waals surface area contributed by atoms with Gasteiger partial charge in [-0.25, -0.2) is 9.59 Å². The zero-order valence-corrected chi connectivity index (χ0v) is 25.5. The lowest BCUT2D eigenvalue weighted by Crippen LogP contribution is -2.49. The largest absolute Gasteiger partial charge is 0.451 e. The molecule has 2 bridgehead atoms. The molecule has 0 saturated carbocycles. The number of fused-ring (bicyclic) bond motifs is 2. The Hall–Kier alpha value is -2.62. The van der Waals surface area contributed by atoms with Crippen molar-refractivity contribution in [2.75, 3.05) is 0 Å². The molecule has 0 aromatic heterocycles. The summed E-state index contributed by atoms with van der Waals surface area (Å²) >= 11 is 0. The first-order chi connectivity index (χ1) is 18.2. The van der Waals surface area contributed by atoms with E-state index in [4.69, 9.17) is 9.47 Å². The molecule has 0 amide bonds. The molecule has 212 valence electrons. The summed E-state index contributed by atoms with van der Waals surface area (Å²) in [6.45, 7) is 21.3. The molecule has 0 spiro atoms. The Morgan fingerprint density at radius 2 is 0.974 bits per heavy atom. The fourth-order valence-electron chi connectivity index (χ4n) is 7.47. The SMILES string of the molecule is CC(C)C1C=CC=CC1(OC(=O)C1=C(C(=O)OC2(C(C)C)C=CC=CC2C(C)C)C2C=CC1C2(C)C)C(C)C. The molecule has 6 unspecified atom stereocenters. The molecular weight excluding hydrogens is 484 g/mol. The van der Waals surface area contributed by atoms with Crippen LogP contribution in [0.4, 0.5) is 0 Å². The van der Waals surface area contributed by atoms with E-state index >= 15 is 0 Å². The molecule has 4 heteroatoms. The maximum absolute atomic E-state index is 14.3. The van der Waals surface area contributed by atoms with Gasteiger partial charge in [0.25, 0.3) is 0 Å². The minimum atomic E-state index is -0.781. The lowest BCUT2D eigenvalue weighted by molar-refractivity contribution is -0.164. The minimum absolute atomic E-state index is 0.0415. The van der Waals surface area contributed by atoms with Gasteiger partial charge in [0.05, 0.1) is 11.1 Å². The molecule has 0 fully saturated rings. The summed E-state index contributed by atoms with van der Waals surface area (Å²) in [4.78, 5) is 28.5. The van der Waals surface area contributed by atoms with Crippen molar-refractivity contribution in [3.63, 3.8) is 0 Å². The highest BCUT2D eigenvalue weighted by Crippen LogP contribution is 2.58. The fourth-order valence-corrected chi connectivity index (χ4v) is 7.47. The Balaban J connectivity index is 1.77. The van der Waals surface area contributed by atoms with Gasteiger partial charge in [0.2, 0.25) is 0 Å². The van der Waals surface area contributed by atoms with E-state index in [1.165, 1.54) is 0 Å². The molecule has 0 heterocycles. The van der Waals surface area contributed by atoms with E-state index in [0.717, 1.165) is 0 Å². The Bertz CT molecular complexity index is 1080. The smallest absolute Gasteiger partial charge is 0.336 e. The van der Waals surface area contributed by atoms with Crippen molar-refractivity contribution in [2.45, 2.75) is 80.4 Å². The first kappa shape index (κ1) is 29.4. The number of hydrogen-bond acceptors (Lipinski definition) is 4. The Kier molecular flexibility index (Phi) is 7.84. The van der Waals surface area contributed by atoms with Gasteiger partial charge in [0.1, 0.15) is 11.2 Å². The molecule has 0 aliphatic heterocycles. The third-order valence-corrected chi connectivity index (χ3v) is 9.85. The van der Waals surface area contributed by atoms with Crippen LogP contribution < -0.4 is 0 Å². The monoisotopic (exact) mass is 532 g/mol. The number of rotatable bonds is 8. The molecule has 0 N–H and O–H groups in total. The number of esters is 2. The molecule has 4 aliphatic rings. The summed E-state index contributed by atoms with van der Waals surface area (Å²) < 4.78 is 13.1. The Morgan fingerprint density at radius 1 is 0.615 bits per heavy atom. The van der Waals surface area contributed by atoms with Crippen LogP contribution in [-0.4, -0.2) is 23.1 Å². The van der Waals surface area contributed by atoms with Crippen LogP contribution in [0.15, 0.2) is 71.9 Å². The van der Waals surface area contributed by atoms with Gasteiger partial charge in [0.15, 0.2) is 0 Å². The van der Waals surface area contributed by atoms with Gasteiger partial charge in [-0.3, -0.25) is 0 Å². The lowest BCUT2D eigenvalue weighted by atomic mass is 9.70. The summed E-state index contributed by atoms with van der Waals surface area (Å²) in [5.74, 6) is -0.428. The zero-order valence-electron chi connectivity index (χ0n) is 25.5. The van der Waals surface area contributed by atoms with Crippen molar-refractivity contribution < 1.29 is 19.1 Å². The Morgan fingerprint density at radius 3 is 1.28 bits per heavy atom. The van der Waals surface area contributed by atoms with E-state index in [1.807, 2.05) is 36.5 Å². The normalized spacial score (nSPS) is 34.3. The van der Waals surface area contributed by atoms with E-state index in [2.05, 4.69) is 93.5 Å². The van der Waals surface area contributed by atoms with Crippen LogP contribution in [0.25, 0.3) is 0 Å². The van der Waals surface area contributed by atoms with Crippen LogP contribution in [-0.2, 0) is 19.1 Å². The second-order valence-electron chi connectivity index (χ2n) is 13.8. The second kappa shape index (κ2) is 10.4. The van der Waals surface area contributed by atoms with E-state index in [9.17, 15) is 9.59 Å². The van der Waals surface area contributed by atoms with Gasteiger partial charge in [0, 0.05) is 23.7 Å². The number of allylic oxidation sites excluding steroid dienone is 6. The van der Waals surface area contributed by atoms with Gasteiger partial charge in [-0.05, 0) is 41.2 Å². The zero-order chi connectivity index (χ0) is 28.9. The number of hydrogen-bond donors (Lipinski definition) is 0. The van der Waals surface area contributed by atoms with E-state index in [0.29, 0.717) is 11.1 Å². The molecule has 4 nitrogen and oxygen atoms in total. The standard InChI is InChI=1S/C35H48O4/c1-21(2)25-15-11-13-19-34(25,23(5)6)38-31(36)29-27-17-18-28(33(27,9)10)30(29)32(37)39-35(24(7)8)20-14-12-16-26(35)22(3)4/h11-28H,1-10H3. The van der Waals surface area contributed by atoms with Gasteiger partial charge in [-0.15, -0.1) is 0 Å². The summed E-state index contributed by atoms with van der Waals surface area (Å²) in [7, 11) is 0. The fraction of sp³-hybridized carbons (Fsp3) is 0.600. The quantitative estimate of drug-likeness (QED) is 0.236. The predicted molar refractivity (Wildman–Crippen MR) is 157 cm³/mol. The van der Waals surface area contributed by atoms with Crippen LogP contribution in [0.2, 0.25) is 0 Å². The first-order valence-corrected chi connectivity index (χ1v) is 14.8. The molecule has 6 atom stereocenters. The van der Waals surface area contributed by atoms with Crippen molar-refractivity contribution in [3.8, 4) is 0 Å². The number of ether oxygens (including phenoxy) is 2. The van der Waals surface area contributed by atoms with Crippen molar-refractivity contribution in [1.29, 1.82) is 0 Å². The van der Waals surface area contributed by atoms with Crippen molar-refractivity contribution in [3.05, 3.63) is 71.9 Å². The van der Waals surface area contributed by atoms with Crippen LogP contribution >= 0.6 is 0 Å². The summed E-state index contributed by atoms with van der Waals surface area (Å²) in [5.41, 5.74) is -0.929. The predicted octanol–water partition coefficient (Wildman–Crippen LogP) is 7.80. The molecule has 0 saturated heterocycles. The summed E-state index contributed by atoms with van der Waals surface area (Å²) in [6.07, 6.45) is 20.5. The van der Waals surface area contributed by atoms with Crippen LogP contribution in [0.5, 0.6) is 0 Å². The maximum Gasteiger partial charge on any atom is 0.336 e. The molecule has 0 radical (unpaired) electrons. The summed E-state index contributed by atoms with van der Waals surface area (Å²) in [5, 5.41) is 0. The number of carbonyl (C=O) groups is 2. The van der Waals surface area contributed by atoms with Crippen LogP contribution in [0, 0.1) is 52.8 Å². The van der Waals surface area contributed by atoms with Crippen molar-refractivity contribution in [2.24, 2.45) is 52.8 Å². The van der Waals surface area contributed by atoms with E-state index in [1.54, 1.807) is 0 Å². The number of carbonyl (C=O) groups excluding carboxylic acids is 2. The lowest BCUT2D eigenvalue weighted by Gasteiger charge is -2.44. The third kappa shape index (κ3) is 4.62. The van der Waals surface area contributed by atoms with Crippen molar-refractivity contribution >= 4 is 11.9 Å². The highest BCUT2D eigenvalue weighted by molar-refractivity contribution is 6.04. The molecule has 39 heavy (non-hydrogen) atoms. The second-order valence-corrected chi connectivity index (χ2v) is 13.8. The van der Waals surface area contributed by atoms with Gasteiger partial charge >= 0.3 is 11.9 Å². The highest BCUT2D eigenvalue weighted by atomic mass is 16.6. The van der Waals surface area contributed by atoms with Crippen molar-refractivity contribution in [1.82, 2.24) is 0 Å². The van der Waals surface area contributed by atoms with Gasteiger partial charge in [-0.1, -0.05) is 118 Å². The average molecular weight is 533 g/mol. The van der Waals surface area contributed by atoms with E-state index in [-0.39, 0.29) is 52.8 Å². The Labute approximate surface area is 236 Å². The van der Waals surface area contributed by atoms with Crippen LogP contribution in [0.3, 0.4) is 0 Å². The minimum Gasteiger partial charge on any atom is -0.451 e. The summed E-state index contributed by atoms with van der Waals surface area (Å²) in [6, 6.07) is 0. The topological polar surface area (TPSA) is 52.6 Å². The molecule has 0 aromatic carbocycles.